The molecule has 0 radical (unpaired) electrons. The predicted octanol–water partition coefficient (Wildman–Crippen LogP) is 3.05. The second-order valence-corrected chi connectivity index (χ2v) is 7.97. The van der Waals surface area contributed by atoms with E-state index in [4.69, 9.17) is 10.5 Å². The lowest BCUT2D eigenvalue weighted by Gasteiger charge is -2.18. The standard InChI is InChI=1S/C20H24F3N7O2S/c1-11(26-16-15(10-24)18(33-4)29-19(25)28-16)17(31)27-13-7-12(20(21,22)23)8-14(9-13)32-6-5-30(2)3/h7-9,11H,5-6H2,1-4H3,(H,27,31)(H3,25,26,28,29)/t11-/m0/s1. The third kappa shape index (κ3) is 7.40. The second kappa shape index (κ2) is 11.1. The monoisotopic (exact) mass is 483 g/mol. The fraction of sp³-hybridized carbons (Fsp3) is 0.400. The van der Waals surface area contributed by atoms with Gasteiger partial charge in [-0.3, -0.25) is 4.79 Å². The van der Waals surface area contributed by atoms with Crippen LogP contribution >= 0.6 is 11.8 Å². The number of nitrogens with two attached hydrogens (primary N) is 1. The van der Waals surface area contributed by atoms with Crippen LogP contribution in [0.1, 0.15) is 18.1 Å². The Balaban J connectivity index is 2.23. The quantitative estimate of drug-likeness (QED) is 0.364. The highest BCUT2D eigenvalue weighted by Gasteiger charge is 2.32. The van der Waals surface area contributed by atoms with Crippen LogP contribution in [0.2, 0.25) is 0 Å². The highest BCUT2D eigenvalue weighted by molar-refractivity contribution is 7.98. The SMILES string of the molecule is CSc1nc(N)nc(N[C@@H](C)C(=O)Nc2cc(OCCN(C)C)cc(C(F)(F)F)c2)c1C#N. The van der Waals surface area contributed by atoms with Gasteiger partial charge in [-0.25, -0.2) is 4.98 Å². The molecule has 0 aliphatic rings. The molecule has 0 saturated heterocycles. The topological polar surface area (TPSA) is 129 Å². The van der Waals surface area contributed by atoms with Gasteiger partial charge in [0.2, 0.25) is 11.9 Å². The normalized spacial score (nSPS) is 12.2. The summed E-state index contributed by atoms with van der Waals surface area (Å²) in [6, 6.07) is 3.99. The summed E-state index contributed by atoms with van der Waals surface area (Å²) in [5.74, 6) is -0.720. The highest BCUT2D eigenvalue weighted by Crippen LogP contribution is 2.34. The molecule has 1 aromatic carbocycles. The number of carbonyl (C=O) groups excluding carboxylic acids is 1. The Morgan fingerprint density at radius 1 is 1.33 bits per heavy atom. The van der Waals surface area contributed by atoms with Crippen molar-refractivity contribution in [2.45, 2.75) is 24.2 Å². The van der Waals surface area contributed by atoms with Gasteiger partial charge >= 0.3 is 6.18 Å². The van der Waals surface area contributed by atoms with Crippen LogP contribution < -0.4 is 21.1 Å². The van der Waals surface area contributed by atoms with E-state index in [1.54, 1.807) is 20.4 Å². The molecule has 9 nitrogen and oxygen atoms in total. The fourth-order valence-corrected chi connectivity index (χ4v) is 3.13. The summed E-state index contributed by atoms with van der Waals surface area (Å²) in [4.78, 5) is 22.4. The van der Waals surface area contributed by atoms with Gasteiger partial charge in [0, 0.05) is 18.3 Å². The summed E-state index contributed by atoms with van der Waals surface area (Å²) in [5.41, 5.74) is 4.72. The van der Waals surface area contributed by atoms with Gasteiger partial charge in [0.15, 0.2) is 5.82 Å². The van der Waals surface area contributed by atoms with E-state index in [0.29, 0.717) is 11.6 Å². The van der Waals surface area contributed by atoms with Crippen LogP contribution in [0.3, 0.4) is 0 Å². The number of likely N-dealkylation sites (N-methyl/N-ethyl adjacent to an activating group) is 1. The largest absolute Gasteiger partial charge is 0.492 e. The van der Waals surface area contributed by atoms with Crippen LogP contribution in [-0.2, 0) is 11.0 Å². The van der Waals surface area contributed by atoms with E-state index in [1.807, 2.05) is 11.0 Å². The number of hydrogen-bond donors (Lipinski definition) is 3. The molecule has 0 unspecified atom stereocenters. The number of nitrogens with one attached hydrogen (secondary N) is 2. The van der Waals surface area contributed by atoms with Crippen molar-refractivity contribution in [1.29, 1.82) is 5.26 Å². The number of alkyl halides is 3. The van der Waals surface area contributed by atoms with Gasteiger partial charge in [-0.2, -0.15) is 23.4 Å². The first-order valence-corrected chi connectivity index (χ1v) is 10.9. The number of amides is 1. The summed E-state index contributed by atoms with van der Waals surface area (Å²) in [7, 11) is 3.61. The van der Waals surface area contributed by atoms with Gasteiger partial charge in [-0.15, -0.1) is 11.8 Å². The molecule has 0 aliphatic carbocycles. The number of carbonyl (C=O) groups is 1. The van der Waals surface area contributed by atoms with Gasteiger partial charge in [0.25, 0.3) is 0 Å². The van der Waals surface area contributed by atoms with E-state index in [-0.39, 0.29) is 35.4 Å². The van der Waals surface area contributed by atoms with Crippen molar-refractivity contribution in [3.8, 4) is 11.8 Å². The maximum Gasteiger partial charge on any atom is 0.416 e. The van der Waals surface area contributed by atoms with Crippen LogP contribution in [0, 0.1) is 11.3 Å². The summed E-state index contributed by atoms with van der Waals surface area (Å²) >= 11 is 1.18. The average molecular weight is 484 g/mol. The molecule has 2 rings (SSSR count). The third-order valence-corrected chi connectivity index (χ3v) is 4.94. The van der Waals surface area contributed by atoms with E-state index >= 15 is 0 Å². The van der Waals surface area contributed by atoms with E-state index < -0.39 is 23.7 Å². The molecule has 1 heterocycles. The first kappa shape index (κ1) is 26.0. The molecule has 13 heteroatoms. The first-order valence-electron chi connectivity index (χ1n) is 9.63. The van der Waals surface area contributed by atoms with Gasteiger partial charge in [-0.1, -0.05) is 0 Å². The molecule has 0 fully saturated rings. The summed E-state index contributed by atoms with van der Waals surface area (Å²) in [5, 5.41) is 14.9. The van der Waals surface area contributed by atoms with Crippen LogP contribution in [0.5, 0.6) is 5.75 Å². The predicted molar refractivity (Wildman–Crippen MR) is 120 cm³/mol. The van der Waals surface area contributed by atoms with Crippen molar-refractivity contribution >= 4 is 35.1 Å². The number of rotatable bonds is 9. The summed E-state index contributed by atoms with van der Waals surface area (Å²) in [6.07, 6.45) is -2.92. The van der Waals surface area contributed by atoms with Crippen molar-refractivity contribution < 1.29 is 22.7 Å². The van der Waals surface area contributed by atoms with E-state index in [1.165, 1.54) is 24.8 Å². The molecule has 0 aliphatic heterocycles. The number of nitrogen functional groups attached to an aromatic ring is 1. The number of ether oxygens (including phenoxy) is 1. The van der Waals surface area contributed by atoms with Gasteiger partial charge in [0.05, 0.1) is 5.56 Å². The number of benzene rings is 1. The Morgan fingerprint density at radius 2 is 2.03 bits per heavy atom. The smallest absolute Gasteiger partial charge is 0.416 e. The number of halogens is 3. The second-order valence-electron chi connectivity index (χ2n) is 7.18. The summed E-state index contributed by atoms with van der Waals surface area (Å²) < 4.78 is 45.4. The Labute approximate surface area is 193 Å². The van der Waals surface area contributed by atoms with Gasteiger partial charge in [0.1, 0.15) is 35.1 Å². The van der Waals surface area contributed by atoms with Crippen molar-refractivity contribution in [2.75, 3.05) is 49.9 Å². The van der Waals surface area contributed by atoms with Gasteiger partial charge < -0.3 is 26.0 Å². The molecule has 0 spiro atoms. The minimum Gasteiger partial charge on any atom is -0.492 e. The molecule has 0 saturated carbocycles. The van der Waals surface area contributed by atoms with Crippen LogP contribution in [0.15, 0.2) is 23.2 Å². The molecule has 2 aromatic rings. The van der Waals surface area contributed by atoms with Crippen LogP contribution in [0.25, 0.3) is 0 Å². The van der Waals surface area contributed by atoms with Crippen molar-refractivity contribution in [3.63, 3.8) is 0 Å². The number of hydrogen-bond acceptors (Lipinski definition) is 9. The number of aromatic nitrogens is 2. The molecular formula is C20H24F3N7O2S. The molecular weight excluding hydrogens is 459 g/mol. The van der Waals surface area contributed by atoms with Crippen molar-refractivity contribution in [1.82, 2.24) is 14.9 Å². The molecule has 4 N–H and O–H groups in total. The first-order chi connectivity index (χ1) is 15.4. The number of nitrogens with zero attached hydrogens (tertiary/aromatic N) is 4. The fourth-order valence-electron chi connectivity index (χ4n) is 2.60. The van der Waals surface area contributed by atoms with Crippen LogP contribution in [0.4, 0.5) is 30.6 Å². The average Bonchev–Trinajstić information content (AvgIpc) is 2.72. The van der Waals surface area contributed by atoms with E-state index in [9.17, 15) is 23.2 Å². The molecule has 1 aromatic heterocycles. The number of thioether (sulfide) groups is 1. The maximum atomic E-state index is 13.3. The lowest BCUT2D eigenvalue weighted by Crippen LogP contribution is -2.32. The molecule has 178 valence electrons. The Hall–Kier alpha value is -3.24. The highest BCUT2D eigenvalue weighted by atomic mass is 32.2. The zero-order valence-corrected chi connectivity index (χ0v) is 19.3. The third-order valence-electron chi connectivity index (χ3n) is 4.25. The van der Waals surface area contributed by atoms with Crippen LogP contribution in [-0.4, -0.2) is 60.3 Å². The zero-order chi connectivity index (χ0) is 24.8. The molecule has 1 amide bonds. The molecule has 33 heavy (non-hydrogen) atoms. The molecule has 1 atom stereocenters. The Morgan fingerprint density at radius 3 is 2.61 bits per heavy atom. The lowest BCUT2D eigenvalue weighted by atomic mass is 10.1. The summed E-state index contributed by atoms with van der Waals surface area (Å²) in [6.45, 7) is 2.14. The Kier molecular flexibility index (Phi) is 8.72. The van der Waals surface area contributed by atoms with E-state index in [0.717, 1.165) is 12.1 Å². The minimum absolute atomic E-state index is 0.0254. The van der Waals surface area contributed by atoms with Crippen molar-refractivity contribution in [3.05, 3.63) is 29.3 Å². The molecule has 0 bridgehead atoms. The van der Waals surface area contributed by atoms with Crippen molar-refractivity contribution in [2.24, 2.45) is 0 Å². The van der Waals surface area contributed by atoms with E-state index in [2.05, 4.69) is 20.6 Å². The zero-order valence-electron chi connectivity index (χ0n) is 18.4. The lowest BCUT2D eigenvalue weighted by molar-refractivity contribution is -0.137. The Bertz CT molecular complexity index is 1040. The number of nitriles is 1. The maximum absolute atomic E-state index is 13.3. The number of anilines is 3. The van der Waals surface area contributed by atoms with Gasteiger partial charge in [-0.05, 0) is 39.4 Å². The minimum atomic E-state index is -4.63.